The first-order valence-corrected chi connectivity index (χ1v) is 10.9. The van der Waals surface area contributed by atoms with Crippen LogP contribution in [-0.2, 0) is 11.3 Å². The molecule has 1 aromatic rings. The van der Waals surface area contributed by atoms with Crippen molar-refractivity contribution < 1.29 is 4.79 Å². The number of piperidine rings is 1. The van der Waals surface area contributed by atoms with E-state index in [-0.39, 0.29) is 5.92 Å². The zero-order valence-corrected chi connectivity index (χ0v) is 17.8. The van der Waals surface area contributed by atoms with Gasteiger partial charge in [0.2, 0.25) is 5.91 Å². The molecule has 4 heteroatoms. The summed E-state index contributed by atoms with van der Waals surface area (Å²) in [7, 11) is 0. The van der Waals surface area contributed by atoms with Gasteiger partial charge in [-0.2, -0.15) is 0 Å². The molecule has 2 atom stereocenters. The lowest BCUT2D eigenvalue weighted by atomic mass is 9.65. The zero-order valence-electron chi connectivity index (χ0n) is 17.0. The van der Waals surface area contributed by atoms with Crippen molar-refractivity contribution in [3.05, 3.63) is 34.9 Å². The van der Waals surface area contributed by atoms with Gasteiger partial charge >= 0.3 is 0 Å². The van der Waals surface area contributed by atoms with E-state index in [0.29, 0.717) is 22.8 Å². The van der Waals surface area contributed by atoms with Gasteiger partial charge in [-0.1, -0.05) is 44.5 Å². The molecule has 1 saturated carbocycles. The molecular weight excluding hydrogens is 356 g/mol. The fourth-order valence-electron chi connectivity index (χ4n) is 6.14. The number of fused-ring (bicyclic) bond motifs is 2. The number of hydrogen-bond donors (Lipinski definition) is 0. The summed E-state index contributed by atoms with van der Waals surface area (Å²) >= 11 is 5.98. The van der Waals surface area contributed by atoms with Crippen molar-refractivity contribution in [2.45, 2.75) is 65.5 Å². The maximum Gasteiger partial charge on any atom is 0.226 e. The highest BCUT2D eigenvalue weighted by atomic mass is 35.5. The van der Waals surface area contributed by atoms with Crippen LogP contribution in [0.2, 0.25) is 5.02 Å². The monoisotopic (exact) mass is 388 g/mol. The molecule has 27 heavy (non-hydrogen) atoms. The summed E-state index contributed by atoms with van der Waals surface area (Å²) in [6.07, 6.45) is 5.62. The summed E-state index contributed by atoms with van der Waals surface area (Å²) < 4.78 is 0. The average molecular weight is 389 g/mol. The van der Waals surface area contributed by atoms with E-state index >= 15 is 0 Å². The van der Waals surface area contributed by atoms with Crippen molar-refractivity contribution in [2.75, 3.05) is 19.6 Å². The highest BCUT2D eigenvalue weighted by Gasteiger charge is 2.51. The molecule has 2 unspecified atom stereocenters. The van der Waals surface area contributed by atoms with Gasteiger partial charge in [0.25, 0.3) is 0 Å². The first-order valence-electron chi connectivity index (χ1n) is 10.5. The molecule has 148 valence electrons. The van der Waals surface area contributed by atoms with Crippen LogP contribution in [0.3, 0.4) is 0 Å². The Morgan fingerprint density at radius 1 is 1.11 bits per heavy atom. The number of hydrogen-bond acceptors (Lipinski definition) is 2. The number of rotatable bonds is 3. The maximum atomic E-state index is 13.3. The first kappa shape index (κ1) is 19.3. The molecule has 2 heterocycles. The second kappa shape index (κ2) is 7.08. The molecule has 3 nitrogen and oxygen atoms in total. The lowest BCUT2D eigenvalue weighted by Gasteiger charge is -2.40. The third kappa shape index (κ3) is 4.19. The Morgan fingerprint density at radius 2 is 1.78 bits per heavy atom. The van der Waals surface area contributed by atoms with E-state index in [1.165, 1.54) is 24.8 Å². The zero-order chi connectivity index (χ0) is 19.2. The number of halogens is 1. The highest BCUT2D eigenvalue weighted by molar-refractivity contribution is 6.30. The molecule has 0 spiro atoms. The Hall–Kier alpha value is -1.06. The Morgan fingerprint density at radius 3 is 2.44 bits per heavy atom. The first-order chi connectivity index (χ1) is 12.7. The molecule has 4 rings (SSSR count). The summed E-state index contributed by atoms with van der Waals surface area (Å²) in [5.41, 5.74) is 2.00. The number of benzene rings is 1. The van der Waals surface area contributed by atoms with Gasteiger partial charge in [-0.05, 0) is 73.7 Å². The van der Waals surface area contributed by atoms with E-state index in [0.717, 1.165) is 44.0 Å². The molecule has 0 N–H and O–H groups in total. The van der Waals surface area contributed by atoms with Crippen LogP contribution >= 0.6 is 11.6 Å². The van der Waals surface area contributed by atoms with Crippen LogP contribution in [0, 0.1) is 16.7 Å². The molecule has 2 aliphatic heterocycles. The van der Waals surface area contributed by atoms with Crippen LogP contribution in [0.15, 0.2) is 24.3 Å². The van der Waals surface area contributed by atoms with E-state index in [1.807, 2.05) is 12.1 Å². The molecule has 3 fully saturated rings. The average Bonchev–Trinajstić information content (AvgIpc) is 2.86. The van der Waals surface area contributed by atoms with Gasteiger partial charge < -0.3 is 4.90 Å². The second-order valence-corrected chi connectivity index (χ2v) is 10.8. The Labute approximate surface area is 169 Å². The van der Waals surface area contributed by atoms with E-state index in [2.05, 4.69) is 42.7 Å². The third-order valence-electron chi connectivity index (χ3n) is 6.95. The number of amides is 1. The molecular formula is C23H33ClN2O. The quantitative estimate of drug-likeness (QED) is 0.729. The molecule has 0 radical (unpaired) electrons. The minimum Gasteiger partial charge on any atom is -0.339 e. The molecule has 0 aromatic heterocycles. The van der Waals surface area contributed by atoms with Gasteiger partial charge in [0.1, 0.15) is 0 Å². The topological polar surface area (TPSA) is 23.6 Å². The fourth-order valence-corrected chi connectivity index (χ4v) is 6.26. The predicted molar refractivity (Wildman–Crippen MR) is 111 cm³/mol. The summed E-state index contributed by atoms with van der Waals surface area (Å²) in [5, 5.41) is 0.788. The van der Waals surface area contributed by atoms with E-state index in [9.17, 15) is 4.79 Å². The smallest absolute Gasteiger partial charge is 0.226 e. The molecule has 3 aliphatic rings. The minimum absolute atomic E-state index is 0.220. The van der Waals surface area contributed by atoms with E-state index in [1.54, 1.807) is 0 Å². The molecule has 1 aliphatic carbocycles. The van der Waals surface area contributed by atoms with Crippen LogP contribution < -0.4 is 0 Å². The van der Waals surface area contributed by atoms with Gasteiger partial charge in [-0.25, -0.2) is 0 Å². The van der Waals surface area contributed by atoms with Gasteiger partial charge in [0.05, 0.1) is 0 Å². The number of nitrogens with zero attached hydrogens (tertiary/aromatic N) is 2. The van der Waals surface area contributed by atoms with Crippen LogP contribution in [0.1, 0.15) is 58.4 Å². The summed E-state index contributed by atoms with van der Waals surface area (Å²) in [6, 6.07) is 8.60. The highest BCUT2D eigenvalue weighted by Crippen LogP contribution is 2.52. The largest absolute Gasteiger partial charge is 0.339 e. The van der Waals surface area contributed by atoms with Crippen LogP contribution in [0.25, 0.3) is 0 Å². The maximum absolute atomic E-state index is 13.3. The van der Waals surface area contributed by atoms with Gasteiger partial charge in [0.15, 0.2) is 0 Å². The van der Waals surface area contributed by atoms with Crippen molar-refractivity contribution in [2.24, 2.45) is 16.7 Å². The van der Waals surface area contributed by atoms with Crippen molar-refractivity contribution in [3.8, 4) is 0 Å². The van der Waals surface area contributed by atoms with Crippen LogP contribution in [0.5, 0.6) is 0 Å². The summed E-state index contributed by atoms with van der Waals surface area (Å²) in [5.74, 6) is 0.657. The third-order valence-corrected chi connectivity index (χ3v) is 7.21. The summed E-state index contributed by atoms with van der Waals surface area (Å²) in [4.78, 5) is 18.0. The molecule has 1 amide bonds. The molecule has 2 saturated heterocycles. The molecule has 1 aromatic carbocycles. The SMILES string of the molecule is CC1(C)CC2CC(C)(CN2C(=O)C2CCN(Cc3ccc(Cl)cc3)CC2)C1. The number of carbonyl (C=O) groups excluding carboxylic acids is 1. The summed E-state index contributed by atoms with van der Waals surface area (Å²) in [6.45, 7) is 11.1. The predicted octanol–water partition coefficient (Wildman–Crippen LogP) is 4.98. The van der Waals surface area contributed by atoms with Crippen molar-refractivity contribution in [3.63, 3.8) is 0 Å². The molecule has 2 bridgehead atoms. The van der Waals surface area contributed by atoms with Crippen molar-refractivity contribution in [1.82, 2.24) is 9.80 Å². The Balaban J connectivity index is 1.33. The Bertz CT molecular complexity index is 693. The lowest BCUT2D eigenvalue weighted by Crippen LogP contribution is -2.44. The fraction of sp³-hybridized carbons (Fsp3) is 0.696. The normalized spacial score (nSPS) is 31.3. The number of carbonyl (C=O) groups is 1. The standard InChI is InChI=1S/C23H33ClN2O/c1-22(2)12-20-13-23(3,15-22)16-26(20)21(27)18-8-10-25(11-9-18)14-17-4-6-19(24)7-5-17/h4-7,18,20H,8-16H2,1-3H3. The Kier molecular flexibility index (Phi) is 5.05. The van der Waals surface area contributed by atoms with E-state index < -0.39 is 0 Å². The van der Waals surface area contributed by atoms with Crippen LogP contribution in [-0.4, -0.2) is 41.4 Å². The lowest BCUT2D eigenvalue weighted by molar-refractivity contribution is -0.138. The van der Waals surface area contributed by atoms with Crippen LogP contribution in [0.4, 0.5) is 0 Å². The second-order valence-electron chi connectivity index (χ2n) is 10.4. The number of likely N-dealkylation sites (tertiary alicyclic amines) is 2. The van der Waals surface area contributed by atoms with Gasteiger partial charge in [0, 0.05) is 30.1 Å². The van der Waals surface area contributed by atoms with Crippen molar-refractivity contribution >= 4 is 17.5 Å². The van der Waals surface area contributed by atoms with Gasteiger partial charge in [-0.3, -0.25) is 9.69 Å². The van der Waals surface area contributed by atoms with Gasteiger partial charge in [-0.15, -0.1) is 0 Å². The van der Waals surface area contributed by atoms with Crippen molar-refractivity contribution in [1.29, 1.82) is 0 Å². The minimum atomic E-state index is 0.220. The van der Waals surface area contributed by atoms with E-state index in [4.69, 9.17) is 11.6 Å².